The molecular formula is C23H23N3O2S. The van der Waals surface area contributed by atoms with Crippen LogP contribution in [-0.2, 0) is 4.84 Å². The Labute approximate surface area is 173 Å². The molecule has 0 spiro atoms. The number of aromatic hydroxyl groups is 1. The first-order valence-electron chi connectivity index (χ1n) is 10.1. The predicted molar refractivity (Wildman–Crippen MR) is 119 cm³/mol. The van der Waals surface area contributed by atoms with E-state index in [1.54, 1.807) is 0 Å². The second-order valence-electron chi connectivity index (χ2n) is 7.43. The molecule has 1 aromatic heterocycles. The van der Waals surface area contributed by atoms with E-state index in [0.29, 0.717) is 18.0 Å². The number of aliphatic imine (C=N–C) groups is 1. The maximum absolute atomic E-state index is 10.7. The monoisotopic (exact) mass is 405 g/mol. The summed E-state index contributed by atoms with van der Waals surface area (Å²) in [5, 5.41) is 16.4. The number of benzene rings is 2. The topological polar surface area (TPSA) is 57.4 Å². The summed E-state index contributed by atoms with van der Waals surface area (Å²) in [5.74, 6) is 0. The lowest BCUT2D eigenvalue weighted by Crippen LogP contribution is -2.32. The molecule has 3 heterocycles. The van der Waals surface area contributed by atoms with Gasteiger partial charge in [0.25, 0.3) is 0 Å². The van der Waals surface area contributed by atoms with Crippen molar-refractivity contribution in [1.82, 2.24) is 4.90 Å². The summed E-state index contributed by atoms with van der Waals surface area (Å²) >= 11 is 1.37. The minimum atomic E-state index is 0.263. The fourth-order valence-electron chi connectivity index (χ4n) is 4.06. The number of para-hydroxylation sites is 1. The lowest BCUT2D eigenvalue weighted by molar-refractivity contribution is 0.103. The van der Waals surface area contributed by atoms with Crippen LogP contribution in [0.15, 0.2) is 58.7 Å². The number of thiophene rings is 1. The Balaban J connectivity index is 1.45. The van der Waals surface area contributed by atoms with E-state index >= 15 is 0 Å². The number of fused-ring (bicyclic) bond motifs is 2. The molecule has 1 saturated heterocycles. The summed E-state index contributed by atoms with van der Waals surface area (Å²) in [6.07, 6.45) is 3.86. The number of rotatable bonds is 5. The zero-order chi connectivity index (χ0) is 19.6. The van der Waals surface area contributed by atoms with Gasteiger partial charge in [-0.15, -0.1) is 0 Å². The van der Waals surface area contributed by atoms with Crippen molar-refractivity contribution in [3.63, 3.8) is 0 Å². The highest BCUT2D eigenvalue weighted by Crippen LogP contribution is 2.40. The van der Waals surface area contributed by atoms with Crippen molar-refractivity contribution >= 4 is 38.5 Å². The Kier molecular flexibility index (Phi) is 5.04. The van der Waals surface area contributed by atoms with Gasteiger partial charge in [0.05, 0.1) is 11.3 Å². The molecule has 148 valence electrons. The lowest BCUT2D eigenvalue weighted by atomic mass is 10.0. The smallest absolute Gasteiger partial charge is 0.182 e. The molecule has 0 unspecified atom stereocenters. The largest absolute Gasteiger partial charge is 0.499 e. The van der Waals surface area contributed by atoms with Crippen molar-refractivity contribution in [1.29, 1.82) is 0 Å². The van der Waals surface area contributed by atoms with Gasteiger partial charge in [-0.1, -0.05) is 59.3 Å². The third kappa shape index (κ3) is 3.54. The Bertz CT molecular complexity index is 1100. The van der Waals surface area contributed by atoms with E-state index < -0.39 is 0 Å². The fourth-order valence-corrected chi connectivity index (χ4v) is 5.01. The Morgan fingerprint density at radius 2 is 1.83 bits per heavy atom. The van der Waals surface area contributed by atoms with E-state index in [2.05, 4.69) is 10.1 Å². The van der Waals surface area contributed by atoms with Crippen molar-refractivity contribution in [2.45, 2.75) is 19.3 Å². The average molecular weight is 406 g/mol. The van der Waals surface area contributed by atoms with Crippen LogP contribution in [0.25, 0.3) is 10.1 Å². The van der Waals surface area contributed by atoms with Gasteiger partial charge < -0.3 is 9.94 Å². The summed E-state index contributed by atoms with van der Waals surface area (Å²) in [5.41, 5.74) is 3.91. The number of piperidine rings is 1. The summed E-state index contributed by atoms with van der Waals surface area (Å²) in [6.45, 7) is 3.72. The van der Waals surface area contributed by atoms with Crippen LogP contribution in [-0.4, -0.2) is 47.7 Å². The molecule has 0 atom stereocenters. The quantitative estimate of drug-likeness (QED) is 0.483. The highest BCUT2D eigenvalue weighted by Gasteiger charge is 2.29. The molecule has 5 nitrogen and oxygen atoms in total. The zero-order valence-corrected chi connectivity index (χ0v) is 17.0. The van der Waals surface area contributed by atoms with Crippen LogP contribution in [0, 0.1) is 0 Å². The zero-order valence-electron chi connectivity index (χ0n) is 16.2. The molecule has 5 rings (SSSR count). The maximum Gasteiger partial charge on any atom is 0.182 e. The second-order valence-corrected chi connectivity index (χ2v) is 8.46. The fraction of sp³-hybridized carbons (Fsp3) is 0.304. The second kappa shape index (κ2) is 7.97. The van der Waals surface area contributed by atoms with Gasteiger partial charge in [0, 0.05) is 22.2 Å². The van der Waals surface area contributed by atoms with Gasteiger partial charge in [-0.25, -0.2) is 4.99 Å². The summed E-state index contributed by atoms with van der Waals surface area (Å²) in [7, 11) is 0. The third-order valence-corrected chi connectivity index (χ3v) is 6.51. The Hall–Kier alpha value is -2.70. The molecule has 0 amide bonds. The number of likely N-dealkylation sites (tertiary alicyclic amines) is 1. The maximum atomic E-state index is 10.7. The molecule has 2 aliphatic rings. The van der Waals surface area contributed by atoms with E-state index in [1.165, 1.54) is 30.6 Å². The van der Waals surface area contributed by atoms with Gasteiger partial charge in [0.15, 0.2) is 5.06 Å². The van der Waals surface area contributed by atoms with Crippen LogP contribution in [0.2, 0.25) is 0 Å². The van der Waals surface area contributed by atoms with Gasteiger partial charge in [0.2, 0.25) is 0 Å². The van der Waals surface area contributed by atoms with Crippen molar-refractivity contribution < 1.29 is 9.94 Å². The molecule has 0 aliphatic carbocycles. The highest BCUT2D eigenvalue weighted by atomic mass is 32.1. The molecule has 0 bridgehead atoms. The van der Waals surface area contributed by atoms with Crippen LogP contribution in [0.3, 0.4) is 0 Å². The Morgan fingerprint density at radius 1 is 1.03 bits per heavy atom. The highest BCUT2D eigenvalue weighted by molar-refractivity contribution is 7.21. The first kappa shape index (κ1) is 18.3. The van der Waals surface area contributed by atoms with Gasteiger partial charge in [-0.05, 0) is 38.1 Å². The molecule has 2 aliphatic heterocycles. The molecule has 3 aromatic rings. The van der Waals surface area contributed by atoms with Gasteiger partial charge >= 0.3 is 0 Å². The molecule has 2 aromatic carbocycles. The molecular weight excluding hydrogens is 382 g/mol. The third-order valence-electron chi connectivity index (χ3n) is 5.53. The molecule has 0 saturated carbocycles. The van der Waals surface area contributed by atoms with E-state index in [1.807, 2.05) is 48.5 Å². The lowest BCUT2D eigenvalue weighted by Gasteiger charge is -2.25. The van der Waals surface area contributed by atoms with Crippen LogP contribution < -0.4 is 0 Å². The molecule has 1 fully saturated rings. The Morgan fingerprint density at radius 3 is 2.72 bits per heavy atom. The van der Waals surface area contributed by atoms with Crippen LogP contribution in [0.4, 0.5) is 5.69 Å². The minimum Gasteiger partial charge on any atom is -0.499 e. The molecule has 1 N–H and O–H groups in total. The van der Waals surface area contributed by atoms with E-state index in [4.69, 9.17) is 9.83 Å². The van der Waals surface area contributed by atoms with Gasteiger partial charge in [0.1, 0.15) is 18.0 Å². The van der Waals surface area contributed by atoms with Crippen LogP contribution in [0.5, 0.6) is 5.06 Å². The van der Waals surface area contributed by atoms with Crippen molar-refractivity contribution in [2.24, 2.45) is 10.1 Å². The molecule has 29 heavy (non-hydrogen) atoms. The number of nitrogens with zero attached hydrogens (tertiary/aromatic N) is 3. The van der Waals surface area contributed by atoms with Gasteiger partial charge in [-0.3, -0.25) is 4.90 Å². The van der Waals surface area contributed by atoms with Crippen molar-refractivity contribution in [3.8, 4) is 5.06 Å². The minimum absolute atomic E-state index is 0.263. The first-order chi connectivity index (χ1) is 14.3. The summed E-state index contributed by atoms with van der Waals surface area (Å²) < 4.78 is 1.03. The van der Waals surface area contributed by atoms with E-state index in [-0.39, 0.29) is 5.06 Å². The summed E-state index contributed by atoms with van der Waals surface area (Å²) in [6, 6.07) is 15.9. The first-order valence-corrected chi connectivity index (χ1v) is 10.9. The predicted octanol–water partition coefficient (Wildman–Crippen LogP) is 4.95. The van der Waals surface area contributed by atoms with E-state index in [0.717, 1.165) is 46.5 Å². The van der Waals surface area contributed by atoms with Crippen molar-refractivity contribution in [3.05, 3.63) is 59.7 Å². The molecule has 0 radical (unpaired) electrons. The van der Waals surface area contributed by atoms with Crippen molar-refractivity contribution in [2.75, 3.05) is 26.2 Å². The average Bonchev–Trinajstić information content (AvgIpc) is 3.28. The van der Waals surface area contributed by atoms with Crippen LogP contribution in [0.1, 0.15) is 30.4 Å². The standard InChI is InChI=1S/C23H23N3O2S/c27-23-20(17-9-3-5-11-19(17)29-23)22-21(16-8-2-4-10-18(16)24-22)25-28-15-14-26-12-6-1-7-13-26/h2-5,8-11,27H,1,6-7,12-15H2/b25-21+. The number of hydrogen-bond donors (Lipinski definition) is 1. The van der Waals surface area contributed by atoms with E-state index in [9.17, 15) is 5.11 Å². The number of hydrogen-bond acceptors (Lipinski definition) is 6. The normalized spacial score (nSPS) is 18.2. The summed E-state index contributed by atoms with van der Waals surface area (Å²) in [4.78, 5) is 13.0. The SMILES string of the molecule is Oc1sc2ccccc2c1C1=Nc2ccccc2/C1=N\OCCN1CCCCC1. The van der Waals surface area contributed by atoms with Crippen LogP contribution >= 0.6 is 11.3 Å². The number of oxime groups is 1. The molecule has 6 heteroatoms. The van der Waals surface area contributed by atoms with Gasteiger partial charge in [-0.2, -0.15) is 0 Å².